The average molecular weight is 1610 g/mol. The van der Waals surface area contributed by atoms with E-state index in [1.165, 1.54) is 9.80 Å². The van der Waals surface area contributed by atoms with Crippen LogP contribution in [-0.4, -0.2) is 202 Å². The number of hydrogen-bond donors (Lipinski definition) is 4. The molecule has 2 unspecified atom stereocenters. The molecule has 110 heavy (non-hydrogen) atoms. The van der Waals surface area contributed by atoms with Gasteiger partial charge in [-0.25, -0.2) is 9.59 Å². The number of carboxylic acid groups (broad SMARTS) is 1. The summed E-state index contributed by atoms with van der Waals surface area (Å²) in [7, 11) is 19.1. The number of benzene rings is 4. The number of aliphatic hydroxyl groups is 3. The molecular weight excluding hydrogens is 1480 g/mol. The summed E-state index contributed by atoms with van der Waals surface area (Å²) in [5.41, 5.74) is 3.03. The van der Waals surface area contributed by atoms with Gasteiger partial charge in [-0.1, -0.05) is 72.7 Å². The lowest BCUT2D eigenvalue weighted by Gasteiger charge is -2.34. The Hall–Kier alpha value is -8.82. The van der Waals surface area contributed by atoms with Crippen molar-refractivity contribution in [3.05, 3.63) is 69.7 Å². The fourth-order valence-electron chi connectivity index (χ4n) is 13.0. The number of aliphatic hydroxyl groups excluding tert-OH is 3. The van der Waals surface area contributed by atoms with Gasteiger partial charge in [-0.2, -0.15) is 0 Å². The topological polar surface area (TPSA) is 310 Å². The molecular formula is C84H121BrN2O23. The van der Waals surface area contributed by atoms with Crippen molar-refractivity contribution in [3.8, 4) is 93.2 Å². The highest BCUT2D eigenvalue weighted by Gasteiger charge is 2.40. The number of aryl methyl sites for hydroxylation is 2. The Kier molecular flexibility index (Phi) is 48.2. The minimum Gasteiger partial charge on any atom is -0.493 e. The fourth-order valence-corrected chi connectivity index (χ4v) is 13.4. The van der Waals surface area contributed by atoms with Crippen molar-refractivity contribution in [2.45, 2.75) is 192 Å². The fraction of sp³-hybridized carbons (Fsp3) is 0.595. The number of nitrogens with zero attached hydrogens (tertiary/aromatic N) is 2. The summed E-state index contributed by atoms with van der Waals surface area (Å²) in [6.07, 6.45) is 28.4. The van der Waals surface area contributed by atoms with Crippen LogP contribution in [0.15, 0.2) is 53.0 Å². The lowest BCUT2D eigenvalue weighted by molar-refractivity contribution is -0.160. The maximum Gasteiger partial charge on any atom is 0.328 e. The molecule has 0 radical (unpaired) electrons. The summed E-state index contributed by atoms with van der Waals surface area (Å²) in [6.45, 7) is 1.78. The normalized spacial score (nSPS) is 15.1. The van der Waals surface area contributed by atoms with Crippen molar-refractivity contribution in [3.63, 3.8) is 0 Å². The number of unbranched alkanes of at least 4 members (excludes halogenated alkanes) is 6. The molecule has 4 N–H and O–H groups in total. The van der Waals surface area contributed by atoms with Gasteiger partial charge in [0, 0.05) is 67.6 Å². The maximum atomic E-state index is 12.9. The Bertz CT molecular complexity index is 3420. The number of carboxylic acids is 1. The minimum atomic E-state index is -0.996. The van der Waals surface area contributed by atoms with Crippen molar-refractivity contribution in [1.82, 2.24) is 9.80 Å². The van der Waals surface area contributed by atoms with Crippen LogP contribution in [0.1, 0.15) is 184 Å². The van der Waals surface area contributed by atoms with Gasteiger partial charge in [-0.15, -0.1) is 12.3 Å². The maximum absolute atomic E-state index is 12.9. The molecule has 2 aliphatic carbocycles. The zero-order chi connectivity index (χ0) is 81.2. The van der Waals surface area contributed by atoms with E-state index >= 15 is 0 Å². The molecule has 2 atom stereocenters. The summed E-state index contributed by atoms with van der Waals surface area (Å²) >= 11 is 3.34. The highest BCUT2D eigenvalue weighted by molar-refractivity contribution is 9.10. The molecule has 4 aliphatic rings. The van der Waals surface area contributed by atoms with Gasteiger partial charge in [0.25, 0.3) is 11.8 Å². The van der Waals surface area contributed by atoms with E-state index in [2.05, 4.69) is 33.7 Å². The number of esters is 1. The quantitative estimate of drug-likeness (QED) is 0.0149. The Morgan fingerprint density at radius 2 is 0.764 bits per heavy atom. The zero-order valence-corrected chi connectivity index (χ0v) is 68.5. The van der Waals surface area contributed by atoms with Gasteiger partial charge >= 0.3 is 11.9 Å². The summed E-state index contributed by atoms with van der Waals surface area (Å²) in [6, 6.07) is 13.6. The van der Waals surface area contributed by atoms with E-state index in [0.29, 0.717) is 121 Å². The van der Waals surface area contributed by atoms with Crippen LogP contribution in [0.3, 0.4) is 0 Å². The molecule has 2 aliphatic heterocycles. The Morgan fingerprint density at radius 3 is 1.12 bits per heavy atom. The predicted molar refractivity (Wildman–Crippen MR) is 423 cm³/mol. The number of Topliss-reactive ketones (excluding diaryl/α,β-unsaturated/α-hetero) is 2. The van der Waals surface area contributed by atoms with Crippen molar-refractivity contribution >= 4 is 51.2 Å². The number of rotatable bonds is 33. The number of piperidine rings is 2. The number of ether oxygens (including phenoxy) is 13. The number of methoxy groups -OCH3 is 12. The van der Waals surface area contributed by atoms with Crippen LogP contribution in [0.25, 0.3) is 0 Å². The molecule has 0 bridgehead atoms. The number of carbonyl (C=O) groups is 6. The highest BCUT2D eigenvalue weighted by Crippen LogP contribution is 2.42. The third kappa shape index (κ3) is 31.9. The van der Waals surface area contributed by atoms with Gasteiger partial charge < -0.3 is 91.8 Å². The Balaban J connectivity index is 0.000000366. The van der Waals surface area contributed by atoms with Crippen molar-refractivity contribution in [1.29, 1.82) is 0 Å². The monoisotopic (exact) mass is 1600 g/mol. The first-order chi connectivity index (χ1) is 53.3. The van der Waals surface area contributed by atoms with E-state index in [4.69, 9.17) is 88.4 Å². The van der Waals surface area contributed by atoms with Gasteiger partial charge in [0.05, 0.1) is 91.9 Å². The third-order valence-electron chi connectivity index (χ3n) is 18.9. The number of likely N-dealkylation sites (tertiary alicyclic amines) is 2. The van der Waals surface area contributed by atoms with E-state index in [-0.39, 0.29) is 49.2 Å². The van der Waals surface area contributed by atoms with Crippen LogP contribution in [0, 0.1) is 36.0 Å². The molecule has 612 valence electrons. The first kappa shape index (κ1) is 95.4. The Morgan fingerprint density at radius 1 is 0.418 bits per heavy atom. The third-order valence-corrected chi connectivity index (χ3v) is 19.3. The van der Waals surface area contributed by atoms with Crippen LogP contribution in [-0.2, 0) is 46.3 Å². The minimum absolute atomic E-state index is 0.157. The first-order valence-electron chi connectivity index (χ1n) is 37.9. The summed E-state index contributed by atoms with van der Waals surface area (Å²) in [4.78, 5) is 76.8. The average Bonchev–Trinajstić information content (AvgIpc) is 0.773. The van der Waals surface area contributed by atoms with Gasteiger partial charge in [0.15, 0.2) is 46.0 Å². The smallest absolute Gasteiger partial charge is 0.328 e. The van der Waals surface area contributed by atoms with Gasteiger partial charge in [0.2, 0.25) is 34.6 Å². The lowest BCUT2D eigenvalue weighted by Crippen LogP contribution is -2.52. The van der Waals surface area contributed by atoms with Crippen LogP contribution in [0.2, 0.25) is 0 Å². The lowest BCUT2D eigenvalue weighted by atomic mass is 9.85. The molecule has 2 saturated carbocycles. The van der Waals surface area contributed by atoms with Crippen LogP contribution in [0.5, 0.6) is 69.0 Å². The molecule has 4 aromatic rings. The molecule has 2 saturated heterocycles. The first-order valence-corrected chi connectivity index (χ1v) is 38.7. The number of aliphatic carboxylic acids is 1. The SMILES string of the molecule is C#CCCCO.COc1cc(Br)cc(OC)c1OC.COc1cc(C#CCCCO)cc(OC)c1OC.COc1cc(CCCCCO)cc(OC)c1OC.COc1cc(CCCCCOC(=O)C2CCCCN2C(=O)C(=O)C2CCCCC2)cc(OC)c1OC.O=C(C(=O)N1CCCCC1C(=O)O)C1CCCCC1. The number of carbonyl (C=O) groups excluding carboxylic acids is 5. The molecule has 4 fully saturated rings. The predicted octanol–water partition coefficient (Wildman–Crippen LogP) is 13.2. The van der Waals surface area contributed by atoms with Crippen molar-refractivity contribution < 1.29 is 111 Å². The number of ketones is 2. The molecule has 4 aromatic carbocycles. The summed E-state index contributed by atoms with van der Waals surface area (Å²) < 4.78 is 69.6. The van der Waals surface area contributed by atoms with Crippen LogP contribution < -0.4 is 56.8 Å². The zero-order valence-electron chi connectivity index (χ0n) is 66.9. The van der Waals surface area contributed by atoms with E-state index in [9.17, 15) is 28.8 Å². The summed E-state index contributed by atoms with van der Waals surface area (Å²) in [5, 5.41) is 34.7. The van der Waals surface area contributed by atoms with E-state index in [1.807, 2.05) is 36.4 Å². The number of amides is 2. The van der Waals surface area contributed by atoms with Gasteiger partial charge in [0.1, 0.15) is 12.1 Å². The number of halogens is 1. The van der Waals surface area contributed by atoms with Gasteiger partial charge in [-0.05, 0) is 182 Å². The number of hydrogen-bond acceptors (Lipinski definition) is 22. The Labute approximate surface area is 660 Å². The molecule has 8 rings (SSSR count). The largest absolute Gasteiger partial charge is 0.493 e. The second-order valence-electron chi connectivity index (χ2n) is 26.3. The molecule has 26 heteroatoms. The molecule has 2 amide bonds. The van der Waals surface area contributed by atoms with Crippen LogP contribution in [0.4, 0.5) is 0 Å². The standard InChI is InChI=1S/C28H41NO7.C14H21NO4.C14H22O4.C14H18O4.C9H11BrO3.C5H8O/c1-33-23-18-20(19-24(34-2)26(23)35-3)12-6-5-11-17-36-28(32)22-15-9-10-16-29(22)27(31)25(30)21-13-7-4-8-14-21;16-12(10-6-2-1-3-7-10)13(17)15-9-5-4-8-11(15)14(18)19;2*1-16-12-9-11(7-5-4-6-8-15)10-13(17-2)14(12)18-3;1-11-7-4-6(10)5-8(12-2)9(7)13-3;1-2-3-4-5-6/h18-19,21-22H,4-17H2,1-3H3;10-11H,1-9H2,(H,18,19);9-10,15H,4-8H2,1-3H3;9-10,15H,4,6,8H2,1-3H3;4-5H,1-3H3;1,6H,3-5H2. The molecule has 25 nitrogen and oxygen atoms in total. The van der Waals surface area contributed by atoms with Crippen LogP contribution >= 0.6 is 15.9 Å². The second kappa shape index (κ2) is 55.6. The molecule has 0 spiro atoms. The van der Waals surface area contributed by atoms with Crippen molar-refractivity contribution in [2.24, 2.45) is 11.8 Å². The van der Waals surface area contributed by atoms with Gasteiger partial charge in [-0.3, -0.25) is 19.2 Å². The number of terminal acetylenes is 1. The molecule has 2 heterocycles. The highest BCUT2D eigenvalue weighted by atomic mass is 79.9. The van der Waals surface area contributed by atoms with E-state index < -0.39 is 29.9 Å². The van der Waals surface area contributed by atoms with Crippen molar-refractivity contribution in [2.75, 3.05) is 125 Å². The van der Waals surface area contributed by atoms with E-state index in [1.54, 1.807) is 97.5 Å². The van der Waals surface area contributed by atoms with E-state index in [0.717, 1.165) is 169 Å². The molecule has 0 aromatic heterocycles. The second-order valence-corrected chi connectivity index (χ2v) is 27.2. The summed E-state index contributed by atoms with van der Waals surface area (Å²) in [5.74, 6) is 12.4.